The van der Waals surface area contributed by atoms with E-state index in [2.05, 4.69) is 0 Å². The van der Waals surface area contributed by atoms with Crippen LogP contribution in [0.4, 0.5) is 0 Å². The van der Waals surface area contributed by atoms with E-state index in [9.17, 15) is 0 Å². The Kier molecular flexibility index (Phi) is 2.03. The highest BCUT2D eigenvalue weighted by atomic mass is 16.9. The van der Waals surface area contributed by atoms with Crippen LogP contribution in [0.15, 0.2) is 0 Å². The summed E-state index contributed by atoms with van der Waals surface area (Å²) >= 11 is 0. The fraction of sp³-hybridized carbons (Fsp3) is 1.00. The first-order chi connectivity index (χ1) is 7.32. The summed E-state index contributed by atoms with van der Waals surface area (Å²) in [5.74, 6) is -1.19. The molecule has 3 aliphatic rings. The normalized spacial score (nSPS) is 48.8. The molecule has 0 unspecified atom stereocenters. The van der Waals surface area contributed by atoms with Crippen LogP contribution < -0.4 is 0 Å². The van der Waals surface area contributed by atoms with Gasteiger partial charge in [-0.3, -0.25) is 0 Å². The van der Waals surface area contributed by atoms with E-state index in [0.29, 0.717) is 13.2 Å². The van der Waals surface area contributed by atoms with Gasteiger partial charge in [0.25, 0.3) is 0 Å². The van der Waals surface area contributed by atoms with Crippen LogP contribution >= 0.6 is 0 Å². The quantitative estimate of drug-likeness (QED) is 0.621. The first kappa shape index (κ1) is 10.9. The Morgan fingerprint density at radius 1 is 0.938 bits per heavy atom. The van der Waals surface area contributed by atoms with E-state index in [1.54, 1.807) is 0 Å². The van der Waals surface area contributed by atoms with Crippen molar-refractivity contribution < 1.29 is 23.7 Å². The minimum Gasteiger partial charge on any atom is -0.347 e. The molecule has 3 saturated heterocycles. The molecule has 3 rings (SSSR count). The van der Waals surface area contributed by atoms with E-state index >= 15 is 0 Å². The minimum atomic E-state index is -0.612. The molecule has 0 saturated carbocycles. The summed E-state index contributed by atoms with van der Waals surface area (Å²) in [6.07, 6.45) is -0.545. The number of hydrogen-bond donors (Lipinski definition) is 0. The predicted octanol–water partition coefficient (Wildman–Crippen LogP) is 1.02. The summed E-state index contributed by atoms with van der Waals surface area (Å²) < 4.78 is 28.7. The fourth-order valence-electron chi connectivity index (χ4n) is 2.57. The maximum absolute atomic E-state index is 5.95. The standard InChI is InChI=1S/C11H18O5/c1-9(2)13-6-11(16-9)5-12-8-7(11)14-10(3,4)15-8/h7-8H,5-6H2,1-4H3/t7-,8-,11+/m0/s1. The Bertz CT molecular complexity index is 311. The highest BCUT2D eigenvalue weighted by Gasteiger charge is 2.64. The minimum absolute atomic E-state index is 0.204. The van der Waals surface area contributed by atoms with E-state index in [1.807, 2.05) is 27.7 Å². The molecule has 0 bridgehead atoms. The van der Waals surface area contributed by atoms with E-state index in [0.717, 1.165) is 0 Å². The Hall–Kier alpha value is -0.200. The molecule has 0 N–H and O–H groups in total. The van der Waals surface area contributed by atoms with Gasteiger partial charge >= 0.3 is 0 Å². The molecule has 0 aliphatic carbocycles. The predicted molar refractivity (Wildman–Crippen MR) is 53.6 cm³/mol. The molecule has 3 fully saturated rings. The molecule has 0 aromatic carbocycles. The second-order valence-corrected chi connectivity index (χ2v) is 5.59. The van der Waals surface area contributed by atoms with Crippen LogP contribution in [-0.2, 0) is 23.7 Å². The monoisotopic (exact) mass is 230 g/mol. The average Bonchev–Trinajstić information content (AvgIpc) is 2.69. The average molecular weight is 230 g/mol. The van der Waals surface area contributed by atoms with Gasteiger partial charge in [0.2, 0.25) is 0 Å². The summed E-state index contributed by atoms with van der Waals surface area (Å²) in [7, 11) is 0. The van der Waals surface area contributed by atoms with Crippen molar-refractivity contribution in [3.63, 3.8) is 0 Å². The lowest BCUT2D eigenvalue weighted by Crippen LogP contribution is -2.47. The maximum atomic E-state index is 5.95. The Labute approximate surface area is 94.9 Å². The zero-order chi connectivity index (χ0) is 11.6. The smallest absolute Gasteiger partial charge is 0.190 e. The third kappa shape index (κ3) is 1.50. The van der Waals surface area contributed by atoms with Gasteiger partial charge in [-0.1, -0.05) is 0 Å². The van der Waals surface area contributed by atoms with Crippen LogP contribution in [0.2, 0.25) is 0 Å². The second kappa shape index (κ2) is 2.97. The molecule has 0 aromatic rings. The summed E-state index contributed by atoms with van der Waals surface area (Å²) in [6.45, 7) is 8.50. The van der Waals surface area contributed by atoms with Crippen LogP contribution in [0.5, 0.6) is 0 Å². The third-order valence-electron chi connectivity index (χ3n) is 3.18. The van der Waals surface area contributed by atoms with Gasteiger partial charge < -0.3 is 23.7 Å². The summed E-state index contributed by atoms with van der Waals surface area (Å²) in [4.78, 5) is 0. The summed E-state index contributed by atoms with van der Waals surface area (Å²) in [5, 5.41) is 0. The van der Waals surface area contributed by atoms with E-state index in [-0.39, 0.29) is 12.4 Å². The van der Waals surface area contributed by atoms with Crippen LogP contribution in [0.3, 0.4) is 0 Å². The molecular weight excluding hydrogens is 212 g/mol. The van der Waals surface area contributed by atoms with Crippen molar-refractivity contribution >= 4 is 0 Å². The Balaban J connectivity index is 1.84. The Morgan fingerprint density at radius 3 is 2.31 bits per heavy atom. The van der Waals surface area contributed by atoms with Gasteiger partial charge in [0.15, 0.2) is 17.9 Å². The van der Waals surface area contributed by atoms with E-state index in [1.165, 1.54) is 0 Å². The van der Waals surface area contributed by atoms with Gasteiger partial charge in [-0.05, 0) is 27.7 Å². The molecule has 3 aliphatic heterocycles. The van der Waals surface area contributed by atoms with Crippen LogP contribution in [0.1, 0.15) is 27.7 Å². The lowest BCUT2D eigenvalue weighted by molar-refractivity contribution is -0.225. The second-order valence-electron chi connectivity index (χ2n) is 5.59. The molecule has 92 valence electrons. The lowest BCUT2D eigenvalue weighted by atomic mass is 10.0. The van der Waals surface area contributed by atoms with Crippen molar-refractivity contribution in [2.45, 2.75) is 57.3 Å². The first-order valence-corrected chi connectivity index (χ1v) is 5.63. The van der Waals surface area contributed by atoms with E-state index < -0.39 is 17.2 Å². The largest absolute Gasteiger partial charge is 0.347 e. The van der Waals surface area contributed by atoms with Crippen molar-refractivity contribution in [2.75, 3.05) is 13.2 Å². The zero-order valence-corrected chi connectivity index (χ0v) is 10.1. The number of rotatable bonds is 0. The molecule has 0 amide bonds. The van der Waals surface area contributed by atoms with Crippen LogP contribution in [0.25, 0.3) is 0 Å². The van der Waals surface area contributed by atoms with Crippen molar-refractivity contribution in [2.24, 2.45) is 0 Å². The Morgan fingerprint density at radius 2 is 1.69 bits per heavy atom. The molecular formula is C11H18O5. The van der Waals surface area contributed by atoms with Crippen LogP contribution in [0, 0.1) is 0 Å². The summed E-state index contributed by atoms with van der Waals surface area (Å²) in [5.41, 5.74) is -0.512. The van der Waals surface area contributed by atoms with Gasteiger partial charge in [0.05, 0.1) is 13.2 Å². The molecule has 5 heteroatoms. The van der Waals surface area contributed by atoms with E-state index in [4.69, 9.17) is 23.7 Å². The molecule has 3 atom stereocenters. The van der Waals surface area contributed by atoms with Gasteiger partial charge in [0, 0.05) is 0 Å². The fourth-order valence-corrected chi connectivity index (χ4v) is 2.57. The van der Waals surface area contributed by atoms with Crippen LogP contribution in [-0.4, -0.2) is 42.8 Å². The first-order valence-electron chi connectivity index (χ1n) is 5.63. The zero-order valence-electron chi connectivity index (χ0n) is 10.1. The maximum Gasteiger partial charge on any atom is 0.190 e. The van der Waals surface area contributed by atoms with Gasteiger partial charge in [-0.25, -0.2) is 0 Å². The highest BCUT2D eigenvalue weighted by Crippen LogP contribution is 2.46. The molecule has 5 nitrogen and oxygen atoms in total. The molecule has 0 aromatic heterocycles. The van der Waals surface area contributed by atoms with Crippen molar-refractivity contribution in [1.82, 2.24) is 0 Å². The van der Waals surface area contributed by atoms with Gasteiger partial charge in [0.1, 0.15) is 11.7 Å². The SMILES string of the molecule is CC1(C)O[C@@H]2OC[C@@]3(COC(C)(C)O3)[C@H]2O1. The number of ether oxygens (including phenoxy) is 5. The van der Waals surface area contributed by atoms with Gasteiger partial charge in [-0.15, -0.1) is 0 Å². The molecule has 0 radical (unpaired) electrons. The summed E-state index contributed by atoms with van der Waals surface area (Å²) in [6, 6.07) is 0. The number of fused-ring (bicyclic) bond motifs is 2. The van der Waals surface area contributed by atoms with Crippen molar-refractivity contribution in [3.05, 3.63) is 0 Å². The highest BCUT2D eigenvalue weighted by molar-refractivity contribution is 5.03. The lowest BCUT2D eigenvalue weighted by Gasteiger charge is -2.28. The van der Waals surface area contributed by atoms with Gasteiger partial charge in [-0.2, -0.15) is 0 Å². The molecule has 3 heterocycles. The number of hydrogen-bond acceptors (Lipinski definition) is 5. The topological polar surface area (TPSA) is 46.2 Å². The van der Waals surface area contributed by atoms with Crippen molar-refractivity contribution in [3.8, 4) is 0 Å². The molecule has 16 heavy (non-hydrogen) atoms. The van der Waals surface area contributed by atoms with Crippen molar-refractivity contribution in [1.29, 1.82) is 0 Å². The third-order valence-corrected chi connectivity index (χ3v) is 3.18. The molecule has 1 spiro atoms.